The molecule has 3 aromatic heterocycles. The molecule has 9 nitrogen and oxygen atoms in total. The summed E-state index contributed by atoms with van der Waals surface area (Å²) in [5.74, 6) is -0.0953. The summed E-state index contributed by atoms with van der Waals surface area (Å²) >= 11 is 0. The van der Waals surface area contributed by atoms with E-state index in [1.807, 2.05) is 11.6 Å². The van der Waals surface area contributed by atoms with Crippen LogP contribution < -0.4 is 10.6 Å². The zero-order chi connectivity index (χ0) is 20.9. The third kappa shape index (κ3) is 3.57. The standard InChI is InChI=1S/C18H20F3N9/c1-10-15(9-25-29(10)12-6-13(7-12)30-23-4-5-24-30)27-17-22-8-14(18(19,20)21)16(28-17)26-11-2-3-11/h4-5,8-9,11-13H,2-3,6-7H2,1H3,(H2,22,26,27,28). The maximum atomic E-state index is 13.2. The van der Waals surface area contributed by atoms with E-state index in [9.17, 15) is 13.2 Å². The first-order chi connectivity index (χ1) is 14.4. The molecule has 0 saturated heterocycles. The van der Waals surface area contributed by atoms with Gasteiger partial charge in [0, 0.05) is 12.2 Å². The fourth-order valence-electron chi connectivity index (χ4n) is 3.58. The van der Waals surface area contributed by atoms with Crippen LogP contribution in [0.25, 0.3) is 0 Å². The summed E-state index contributed by atoms with van der Waals surface area (Å²) in [6.07, 6.45) is 4.67. The second-order valence-electron chi connectivity index (χ2n) is 7.71. The molecule has 2 N–H and O–H groups in total. The van der Waals surface area contributed by atoms with Crippen LogP contribution in [-0.2, 0) is 6.18 Å². The van der Waals surface area contributed by atoms with Gasteiger partial charge in [-0.15, -0.1) is 0 Å². The molecule has 0 bridgehead atoms. The monoisotopic (exact) mass is 419 g/mol. The van der Waals surface area contributed by atoms with Crippen molar-refractivity contribution in [1.29, 1.82) is 0 Å². The molecule has 3 aromatic rings. The summed E-state index contributed by atoms with van der Waals surface area (Å²) in [6, 6.07) is 0.505. The first-order valence-electron chi connectivity index (χ1n) is 9.76. The average Bonchev–Trinajstić information content (AvgIpc) is 3.17. The van der Waals surface area contributed by atoms with E-state index in [4.69, 9.17) is 0 Å². The van der Waals surface area contributed by atoms with Crippen molar-refractivity contribution in [3.8, 4) is 0 Å². The molecular weight excluding hydrogens is 399 g/mol. The lowest BCUT2D eigenvalue weighted by atomic mass is 9.87. The van der Waals surface area contributed by atoms with Gasteiger partial charge in [-0.05, 0) is 32.6 Å². The average molecular weight is 419 g/mol. The zero-order valence-electron chi connectivity index (χ0n) is 16.1. The lowest BCUT2D eigenvalue weighted by molar-refractivity contribution is -0.137. The van der Waals surface area contributed by atoms with E-state index in [0.29, 0.717) is 5.69 Å². The zero-order valence-corrected chi connectivity index (χ0v) is 16.1. The van der Waals surface area contributed by atoms with Crippen molar-refractivity contribution in [1.82, 2.24) is 34.7 Å². The number of anilines is 3. The molecule has 0 unspecified atom stereocenters. The Morgan fingerprint density at radius 1 is 1.03 bits per heavy atom. The predicted octanol–water partition coefficient (Wildman–Crippen LogP) is 3.49. The van der Waals surface area contributed by atoms with Crippen molar-refractivity contribution in [3.63, 3.8) is 0 Å². The van der Waals surface area contributed by atoms with Crippen molar-refractivity contribution >= 4 is 17.5 Å². The van der Waals surface area contributed by atoms with Crippen LogP contribution in [0.3, 0.4) is 0 Å². The molecule has 0 aliphatic heterocycles. The number of nitrogens with zero attached hydrogens (tertiary/aromatic N) is 7. The fourth-order valence-corrected chi connectivity index (χ4v) is 3.58. The molecule has 0 radical (unpaired) electrons. The van der Waals surface area contributed by atoms with E-state index in [1.54, 1.807) is 23.4 Å². The smallest absolute Gasteiger partial charge is 0.367 e. The Labute approximate surface area is 169 Å². The Balaban J connectivity index is 1.31. The molecule has 0 amide bonds. The summed E-state index contributed by atoms with van der Waals surface area (Å²) in [5.41, 5.74) is 0.667. The first-order valence-corrected chi connectivity index (χ1v) is 9.76. The lowest BCUT2D eigenvalue weighted by Crippen LogP contribution is -2.31. The number of hydrogen-bond donors (Lipinski definition) is 2. The molecule has 30 heavy (non-hydrogen) atoms. The van der Waals surface area contributed by atoms with Crippen LogP contribution in [0, 0.1) is 6.92 Å². The summed E-state index contributed by atoms with van der Waals surface area (Å²) in [4.78, 5) is 9.65. The summed E-state index contributed by atoms with van der Waals surface area (Å²) in [6.45, 7) is 1.91. The topological polar surface area (TPSA) is 98.4 Å². The molecule has 3 heterocycles. The molecule has 2 aliphatic rings. The summed E-state index contributed by atoms with van der Waals surface area (Å²) in [7, 11) is 0. The lowest BCUT2D eigenvalue weighted by Gasteiger charge is -2.35. The molecule has 158 valence electrons. The molecule has 0 aromatic carbocycles. The van der Waals surface area contributed by atoms with Crippen LogP contribution in [0.15, 0.2) is 24.8 Å². The van der Waals surface area contributed by atoms with E-state index >= 15 is 0 Å². The largest absolute Gasteiger partial charge is 0.421 e. The molecule has 2 saturated carbocycles. The predicted molar refractivity (Wildman–Crippen MR) is 101 cm³/mol. The van der Waals surface area contributed by atoms with E-state index in [2.05, 4.69) is 35.9 Å². The molecule has 5 rings (SSSR count). The molecule has 0 atom stereocenters. The Bertz CT molecular complexity index is 1030. The minimum Gasteiger partial charge on any atom is -0.367 e. The van der Waals surface area contributed by atoms with Gasteiger partial charge in [0.25, 0.3) is 0 Å². The highest BCUT2D eigenvalue weighted by Crippen LogP contribution is 2.41. The highest BCUT2D eigenvalue weighted by atomic mass is 19.4. The van der Waals surface area contributed by atoms with Crippen molar-refractivity contribution in [2.75, 3.05) is 10.6 Å². The first kappa shape index (κ1) is 18.8. The van der Waals surface area contributed by atoms with Gasteiger partial charge < -0.3 is 10.6 Å². The van der Waals surface area contributed by atoms with E-state index < -0.39 is 11.7 Å². The van der Waals surface area contributed by atoms with E-state index in [0.717, 1.165) is 37.6 Å². The van der Waals surface area contributed by atoms with Gasteiger partial charge in [0.1, 0.15) is 11.4 Å². The third-order valence-electron chi connectivity index (χ3n) is 5.50. The fraction of sp³-hybridized carbons (Fsp3) is 0.500. The van der Waals surface area contributed by atoms with Gasteiger partial charge in [0.05, 0.1) is 42.1 Å². The highest BCUT2D eigenvalue weighted by Gasteiger charge is 2.37. The third-order valence-corrected chi connectivity index (χ3v) is 5.50. The van der Waals surface area contributed by atoms with Crippen molar-refractivity contribution in [2.24, 2.45) is 0 Å². The number of alkyl halides is 3. The van der Waals surface area contributed by atoms with Gasteiger partial charge in [-0.2, -0.15) is 38.2 Å². The quantitative estimate of drug-likeness (QED) is 0.631. The van der Waals surface area contributed by atoms with Gasteiger partial charge in [-0.3, -0.25) is 4.68 Å². The van der Waals surface area contributed by atoms with Gasteiger partial charge in [0.15, 0.2) is 0 Å². The maximum Gasteiger partial charge on any atom is 0.421 e. The number of hydrogen-bond acceptors (Lipinski definition) is 7. The van der Waals surface area contributed by atoms with Crippen molar-refractivity contribution in [2.45, 2.75) is 56.9 Å². The minimum absolute atomic E-state index is 0.0363. The number of nitrogens with one attached hydrogen (secondary N) is 2. The Morgan fingerprint density at radius 2 is 1.77 bits per heavy atom. The van der Waals surface area contributed by atoms with Crippen LogP contribution >= 0.6 is 0 Å². The van der Waals surface area contributed by atoms with Crippen LogP contribution in [0.2, 0.25) is 0 Å². The number of halogens is 3. The normalized spacial score (nSPS) is 21.3. The Morgan fingerprint density at radius 3 is 2.43 bits per heavy atom. The molecule has 2 aliphatic carbocycles. The summed E-state index contributed by atoms with van der Waals surface area (Å²) in [5, 5.41) is 18.6. The van der Waals surface area contributed by atoms with Crippen LogP contribution in [0.4, 0.5) is 30.6 Å². The van der Waals surface area contributed by atoms with E-state index in [1.165, 1.54) is 0 Å². The van der Waals surface area contributed by atoms with Crippen molar-refractivity contribution in [3.05, 3.63) is 36.0 Å². The van der Waals surface area contributed by atoms with Crippen molar-refractivity contribution < 1.29 is 13.2 Å². The molecule has 12 heteroatoms. The second-order valence-corrected chi connectivity index (χ2v) is 7.71. The van der Waals surface area contributed by atoms with Gasteiger partial charge in [0.2, 0.25) is 5.95 Å². The molecular formula is C18H20F3N9. The second kappa shape index (κ2) is 6.96. The number of rotatable bonds is 6. The Hall–Kier alpha value is -3.18. The van der Waals surface area contributed by atoms with Gasteiger partial charge >= 0.3 is 6.18 Å². The maximum absolute atomic E-state index is 13.2. The van der Waals surface area contributed by atoms with Crippen LogP contribution in [-0.4, -0.2) is 40.8 Å². The molecule has 2 fully saturated rings. The summed E-state index contributed by atoms with van der Waals surface area (Å²) < 4.78 is 41.7. The van der Waals surface area contributed by atoms with E-state index in [-0.39, 0.29) is 29.9 Å². The molecule has 0 spiro atoms. The minimum atomic E-state index is -4.51. The Kier molecular flexibility index (Phi) is 4.36. The van der Waals surface area contributed by atoms with Crippen LogP contribution in [0.5, 0.6) is 0 Å². The van der Waals surface area contributed by atoms with Gasteiger partial charge in [-0.25, -0.2) is 4.98 Å². The van der Waals surface area contributed by atoms with Crippen LogP contribution in [0.1, 0.15) is 49.0 Å². The number of aromatic nitrogens is 7. The van der Waals surface area contributed by atoms with Gasteiger partial charge in [-0.1, -0.05) is 0 Å². The SMILES string of the molecule is Cc1c(Nc2ncc(C(F)(F)F)c(NC3CC3)n2)cnn1C1CC(n2nccn2)C1. The highest BCUT2D eigenvalue weighted by molar-refractivity contribution is 5.58.